The topological polar surface area (TPSA) is 102 Å². The van der Waals surface area contributed by atoms with E-state index < -0.39 is 32.6 Å². The molecule has 0 atom stereocenters. The van der Waals surface area contributed by atoms with Gasteiger partial charge in [0.05, 0.1) is 0 Å². The average molecular weight is 278 g/mol. The Kier molecular flexibility index (Phi) is 2.83. The predicted octanol–water partition coefficient (Wildman–Crippen LogP) is 0.536. The number of rotatable bonds is 2. The second kappa shape index (κ2) is 4.07. The van der Waals surface area contributed by atoms with Crippen molar-refractivity contribution in [2.24, 2.45) is 5.14 Å². The largest absolute Gasteiger partial charge is 0.273 e. The Labute approximate surface area is 98.7 Å². The highest BCUT2D eigenvalue weighted by atomic mass is 32.2. The maximum atomic E-state index is 12.9. The van der Waals surface area contributed by atoms with Crippen molar-refractivity contribution in [3.8, 4) is 11.4 Å². The van der Waals surface area contributed by atoms with Crippen LogP contribution in [0.4, 0.5) is 13.2 Å². The summed E-state index contributed by atoms with van der Waals surface area (Å²) in [7, 11) is -4.11. The van der Waals surface area contributed by atoms with Gasteiger partial charge in [-0.05, 0) is 12.1 Å². The van der Waals surface area contributed by atoms with E-state index in [4.69, 9.17) is 5.14 Å². The van der Waals surface area contributed by atoms with Crippen molar-refractivity contribution in [1.82, 2.24) is 15.2 Å². The molecular weight excluding hydrogens is 273 g/mol. The number of nitrogens with one attached hydrogen (secondary N) is 1. The molecule has 10 heteroatoms. The Bertz CT molecular complexity index is 690. The maximum absolute atomic E-state index is 12.9. The van der Waals surface area contributed by atoms with Crippen molar-refractivity contribution in [1.29, 1.82) is 0 Å². The third-order valence-corrected chi connectivity index (χ3v) is 2.70. The van der Waals surface area contributed by atoms with Gasteiger partial charge in [0, 0.05) is 5.56 Å². The minimum absolute atomic E-state index is 0.224. The molecule has 0 amide bonds. The summed E-state index contributed by atoms with van der Waals surface area (Å²) in [4.78, 5) is 3.43. The van der Waals surface area contributed by atoms with Crippen molar-refractivity contribution in [2.45, 2.75) is 5.16 Å². The van der Waals surface area contributed by atoms with Crippen LogP contribution in [0.15, 0.2) is 17.3 Å². The van der Waals surface area contributed by atoms with Crippen molar-refractivity contribution in [3.63, 3.8) is 0 Å². The Morgan fingerprint density at radius 3 is 2.17 bits per heavy atom. The highest BCUT2D eigenvalue weighted by Gasteiger charge is 2.18. The van der Waals surface area contributed by atoms with Gasteiger partial charge < -0.3 is 0 Å². The van der Waals surface area contributed by atoms with Gasteiger partial charge in [0.1, 0.15) is 0 Å². The second-order valence-electron chi connectivity index (χ2n) is 3.26. The molecule has 1 aromatic carbocycles. The molecule has 1 heterocycles. The fourth-order valence-corrected chi connectivity index (χ4v) is 1.57. The molecule has 6 nitrogen and oxygen atoms in total. The third kappa shape index (κ3) is 2.19. The summed E-state index contributed by atoms with van der Waals surface area (Å²) in [6.45, 7) is 0. The van der Waals surface area contributed by atoms with Gasteiger partial charge in [0.15, 0.2) is 23.3 Å². The molecule has 0 radical (unpaired) electrons. The average Bonchev–Trinajstić information content (AvgIpc) is 2.73. The van der Waals surface area contributed by atoms with E-state index in [1.165, 1.54) is 0 Å². The quantitative estimate of drug-likeness (QED) is 0.782. The van der Waals surface area contributed by atoms with Crippen LogP contribution in [0.2, 0.25) is 0 Å². The number of halogens is 3. The molecule has 0 unspecified atom stereocenters. The first-order valence-corrected chi connectivity index (χ1v) is 5.94. The van der Waals surface area contributed by atoms with Gasteiger partial charge in [0.25, 0.3) is 15.2 Å². The van der Waals surface area contributed by atoms with E-state index in [1.807, 2.05) is 5.10 Å². The van der Waals surface area contributed by atoms with Gasteiger partial charge in [-0.2, -0.15) is 10.1 Å². The van der Waals surface area contributed by atoms with Gasteiger partial charge in [-0.1, -0.05) is 0 Å². The molecule has 3 N–H and O–H groups in total. The van der Waals surface area contributed by atoms with Gasteiger partial charge in [0.2, 0.25) is 0 Å². The summed E-state index contributed by atoms with van der Waals surface area (Å²) >= 11 is 0. The Morgan fingerprint density at radius 2 is 1.72 bits per heavy atom. The maximum Gasteiger partial charge on any atom is 0.273 e. The molecule has 0 aliphatic carbocycles. The lowest BCUT2D eigenvalue weighted by Gasteiger charge is -1.98. The van der Waals surface area contributed by atoms with Crippen LogP contribution in [0.1, 0.15) is 0 Å². The zero-order valence-corrected chi connectivity index (χ0v) is 9.30. The van der Waals surface area contributed by atoms with E-state index in [1.54, 1.807) is 0 Å². The molecule has 18 heavy (non-hydrogen) atoms. The number of primary sulfonamides is 1. The van der Waals surface area contributed by atoms with Gasteiger partial charge in [-0.25, -0.2) is 31.8 Å². The zero-order valence-electron chi connectivity index (χ0n) is 8.49. The van der Waals surface area contributed by atoms with Crippen molar-refractivity contribution in [3.05, 3.63) is 29.6 Å². The minimum Gasteiger partial charge on any atom is -0.248 e. The summed E-state index contributed by atoms with van der Waals surface area (Å²) in [5, 5.41) is 9.50. The number of aromatic amines is 1. The second-order valence-corrected chi connectivity index (χ2v) is 4.74. The van der Waals surface area contributed by atoms with Gasteiger partial charge >= 0.3 is 0 Å². The number of hydrogen-bond donors (Lipinski definition) is 2. The predicted molar refractivity (Wildman–Crippen MR) is 53.1 cm³/mol. The number of nitrogens with two attached hydrogens (primary N) is 1. The Balaban J connectivity index is 2.53. The van der Waals surface area contributed by atoms with Crippen LogP contribution >= 0.6 is 0 Å². The van der Waals surface area contributed by atoms with E-state index in [0.29, 0.717) is 12.1 Å². The van der Waals surface area contributed by atoms with Gasteiger partial charge in [-0.15, -0.1) is 0 Å². The highest BCUT2D eigenvalue weighted by molar-refractivity contribution is 7.89. The van der Waals surface area contributed by atoms with Crippen molar-refractivity contribution in [2.75, 3.05) is 0 Å². The normalized spacial score (nSPS) is 11.8. The van der Waals surface area contributed by atoms with E-state index in [0.717, 1.165) is 0 Å². The van der Waals surface area contributed by atoms with Crippen LogP contribution in [0.5, 0.6) is 0 Å². The summed E-state index contributed by atoms with van der Waals surface area (Å²) < 4.78 is 60.4. The van der Waals surface area contributed by atoms with Crippen LogP contribution in [0, 0.1) is 17.5 Å². The Hall–Kier alpha value is -1.94. The summed E-state index contributed by atoms with van der Waals surface area (Å²) in [5.41, 5.74) is -0.224. The number of benzene rings is 1. The number of nitrogens with zero attached hydrogens (tertiary/aromatic N) is 2. The first kappa shape index (κ1) is 12.5. The van der Waals surface area contributed by atoms with E-state index in [-0.39, 0.29) is 11.4 Å². The van der Waals surface area contributed by atoms with Crippen LogP contribution in [-0.4, -0.2) is 23.6 Å². The van der Waals surface area contributed by atoms with Crippen LogP contribution in [-0.2, 0) is 10.0 Å². The molecule has 0 bridgehead atoms. The zero-order chi connectivity index (χ0) is 13.5. The van der Waals surface area contributed by atoms with Crippen molar-refractivity contribution >= 4 is 10.0 Å². The molecule has 96 valence electrons. The first-order chi connectivity index (χ1) is 8.29. The van der Waals surface area contributed by atoms with E-state index in [9.17, 15) is 21.6 Å². The van der Waals surface area contributed by atoms with Crippen LogP contribution in [0.25, 0.3) is 11.4 Å². The van der Waals surface area contributed by atoms with E-state index in [2.05, 4.69) is 10.1 Å². The lowest BCUT2D eigenvalue weighted by atomic mass is 10.2. The molecule has 0 fully saturated rings. The smallest absolute Gasteiger partial charge is 0.248 e. The van der Waals surface area contributed by atoms with Crippen LogP contribution < -0.4 is 5.14 Å². The number of sulfonamides is 1. The Morgan fingerprint density at radius 1 is 1.17 bits per heavy atom. The number of H-pyrrole nitrogens is 1. The molecule has 2 aromatic rings. The lowest BCUT2D eigenvalue weighted by molar-refractivity contribution is 0.447. The molecule has 0 aliphatic heterocycles. The standard InChI is InChI=1S/C8H5F3N4O2S/c9-4-1-3(2-5(10)6(4)11)7-13-8(15-14-7)18(12,16)17/h1-2H,(H2,12,16,17)(H,13,14,15). The molecule has 0 aliphatic rings. The first-order valence-electron chi connectivity index (χ1n) is 4.39. The summed E-state index contributed by atoms with van der Waals surface area (Å²) in [5.74, 6) is -4.84. The molecule has 2 rings (SSSR count). The minimum atomic E-state index is -4.11. The lowest BCUT2D eigenvalue weighted by Crippen LogP contribution is -2.13. The fourth-order valence-electron chi connectivity index (χ4n) is 1.19. The number of hydrogen-bond acceptors (Lipinski definition) is 4. The molecule has 0 saturated heterocycles. The van der Waals surface area contributed by atoms with Crippen LogP contribution in [0.3, 0.4) is 0 Å². The SMILES string of the molecule is NS(=O)(=O)c1nc(-c2cc(F)c(F)c(F)c2)n[nH]1. The monoisotopic (exact) mass is 278 g/mol. The molecule has 0 saturated carbocycles. The molecule has 0 spiro atoms. The highest BCUT2D eigenvalue weighted by Crippen LogP contribution is 2.21. The molecular formula is C8H5F3N4O2S. The van der Waals surface area contributed by atoms with E-state index >= 15 is 0 Å². The summed E-state index contributed by atoms with van der Waals surface area (Å²) in [6, 6.07) is 1.27. The third-order valence-electron chi connectivity index (χ3n) is 1.98. The fraction of sp³-hybridized carbons (Fsp3) is 0. The van der Waals surface area contributed by atoms with Crippen molar-refractivity contribution < 1.29 is 21.6 Å². The number of aromatic nitrogens is 3. The van der Waals surface area contributed by atoms with Gasteiger partial charge in [-0.3, -0.25) is 0 Å². The molecule has 1 aromatic heterocycles. The summed E-state index contributed by atoms with van der Waals surface area (Å²) in [6.07, 6.45) is 0.